The standard InChI is InChI=1S/C20H18N2/c1-2-8-15(9-3-1)16-14-17(18-10-4-6-12-21-18)20(16)19-11-5-7-13-22-19/h1-13,16-17,20H,14H2. The van der Waals surface area contributed by atoms with Crippen LogP contribution in [-0.2, 0) is 0 Å². The predicted molar refractivity (Wildman–Crippen MR) is 87.8 cm³/mol. The fourth-order valence-corrected chi connectivity index (χ4v) is 3.58. The minimum absolute atomic E-state index is 0.415. The molecule has 0 aliphatic heterocycles. The maximum atomic E-state index is 4.62. The SMILES string of the molecule is c1ccc(C2CC(c3ccccn3)C2c2ccccn2)cc1. The Labute approximate surface area is 130 Å². The molecule has 22 heavy (non-hydrogen) atoms. The highest BCUT2D eigenvalue weighted by Gasteiger charge is 2.44. The Morgan fingerprint density at radius 2 is 1.27 bits per heavy atom. The van der Waals surface area contributed by atoms with Gasteiger partial charge in [0.15, 0.2) is 0 Å². The van der Waals surface area contributed by atoms with Gasteiger partial charge in [-0.05, 0) is 42.2 Å². The molecule has 2 nitrogen and oxygen atoms in total. The lowest BCUT2D eigenvalue weighted by Crippen LogP contribution is -2.32. The van der Waals surface area contributed by atoms with Crippen LogP contribution < -0.4 is 0 Å². The van der Waals surface area contributed by atoms with Crippen molar-refractivity contribution in [1.29, 1.82) is 0 Å². The Kier molecular flexibility index (Phi) is 3.43. The second-order valence-corrected chi connectivity index (χ2v) is 5.89. The molecule has 0 radical (unpaired) electrons. The summed E-state index contributed by atoms with van der Waals surface area (Å²) < 4.78 is 0. The minimum atomic E-state index is 0.415. The van der Waals surface area contributed by atoms with Crippen LogP contribution in [0.3, 0.4) is 0 Å². The van der Waals surface area contributed by atoms with Gasteiger partial charge in [-0.15, -0.1) is 0 Å². The van der Waals surface area contributed by atoms with Gasteiger partial charge in [-0.3, -0.25) is 9.97 Å². The number of nitrogens with zero attached hydrogens (tertiary/aromatic N) is 2. The van der Waals surface area contributed by atoms with Gasteiger partial charge in [-0.25, -0.2) is 0 Å². The summed E-state index contributed by atoms with van der Waals surface area (Å²) in [5.74, 6) is 1.41. The molecular formula is C20H18N2. The number of aromatic nitrogens is 2. The molecule has 2 heteroatoms. The monoisotopic (exact) mass is 286 g/mol. The molecule has 0 saturated heterocycles. The summed E-state index contributed by atoms with van der Waals surface area (Å²) in [6.07, 6.45) is 4.92. The first kappa shape index (κ1) is 13.2. The molecule has 0 amide bonds. The number of benzene rings is 1. The average Bonchev–Trinajstić information content (AvgIpc) is 2.57. The minimum Gasteiger partial charge on any atom is -0.261 e. The molecule has 1 aromatic carbocycles. The molecule has 3 unspecified atom stereocenters. The van der Waals surface area contributed by atoms with Crippen LogP contribution in [0.25, 0.3) is 0 Å². The zero-order chi connectivity index (χ0) is 14.8. The number of pyridine rings is 2. The van der Waals surface area contributed by atoms with Gasteiger partial charge in [0.05, 0.1) is 0 Å². The van der Waals surface area contributed by atoms with Crippen LogP contribution >= 0.6 is 0 Å². The lowest BCUT2D eigenvalue weighted by atomic mass is 9.59. The van der Waals surface area contributed by atoms with Gasteiger partial charge in [0.25, 0.3) is 0 Å². The molecule has 1 aliphatic carbocycles. The molecule has 1 aliphatic rings. The average molecular weight is 286 g/mol. The Balaban J connectivity index is 1.71. The summed E-state index contributed by atoms with van der Waals surface area (Å²) in [4.78, 5) is 9.20. The van der Waals surface area contributed by atoms with E-state index in [2.05, 4.69) is 64.6 Å². The zero-order valence-corrected chi connectivity index (χ0v) is 12.3. The van der Waals surface area contributed by atoms with Crippen LogP contribution in [-0.4, -0.2) is 9.97 Å². The molecule has 108 valence electrons. The van der Waals surface area contributed by atoms with E-state index in [4.69, 9.17) is 0 Å². The smallest absolute Gasteiger partial charge is 0.0447 e. The summed E-state index contributed by atoms with van der Waals surface area (Å²) in [7, 11) is 0. The van der Waals surface area contributed by atoms with Crippen LogP contribution in [0.15, 0.2) is 79.1 Å². The molecule has 0 bridgehead atoms. The van der Waals surface area contributed by atoms with E-state index >= 15 is 0 Å². The van der Waals surface area contributed by atoms with Crippen molar-refractivity contribution in [3.8, 4) is 0 Å². The van der Waals surface area contributed by atoms with E-state index in [0.717, 1.165) is 6.42 Å². The number of rotatable bonds is 3. The first-order valence-corrected chi connectivity index (χ1v) is 7.80. The normalized spacial score (nSPS) is 23.7. The van der Waals surface area contributed by atoms with Crippen LogP contribution in [0, 0.1) is 0 Å². The highest BCUT2D eigenvalue weighted by atomic mass is 14.7. The first-order chi connectivity index (χ1) is 10.9. The van der Waals surface area contributed by atoms with Crippen LogP contribution in [0.4, 0.5) is 0 Å². The van der Waals surface area contributed by atoms with Gasteiger partial charge in [0.1, 0.15) is 0 Å². The van der Waals surface area contributed by atoms with Gasteiger partial charge in [0.2, 0.25) is 0 Å². The quantitative estimate of drug-likeness (QED) is 0.707. The molecule has 4 rings (SSSR count). The third kappa shape index (κ3) is 2.31. The second kappa shape index (κ2) is 5.72. The topological polar surface area (TPSA) is 25.8 Å². The highest BCUT2D eigenvalue weighted by Crippen LogP contribution is 2.57. The summed E-state index contributed by atoms with van der Waals surface area (Å²) in [5, 5.41) is 0. The van der Waals surface area contributed by atoms with Crippen molar-refractivity contribution in [2.75, 3.05) is 0 Å². The molecule has 0 spiro atoms. The molecule has 1 fully saturated rings. The van der Waals surface area contributed by atoms with E-state index in [-0.39, 0.29) is 0 Å². The van der Waals surface area contributed by atoms with Crippen molar-refractivity contribution in [3.63, 3.8) is 0 Å². The number of hydrogen-bond donors (Lipinski definition) is 0. The highest BCUT2D eigenvalue weighted by molar-refractivity contribution is 5.35. The van der Waals surface area contributed by atoms with Gasteiger partial charge in [-0.1, -0.05) is 42.5 Å². The van der Waals surface area contributed by atoms with Crippen molar-refractivity contribution in [1.82, 2.24) is 9.97 Å². The van der Waals surface area contributed by atoms with Crippen LogP contribution in [0.1, 0.15) is 41.1 Å². The largest absolute Gasteiger partial charge is 0.261 e. The lowest BCUT2D eigenvalue weighted by Gasteiger charge is -2.44. The van der Waals surface area contributed by atoms with Crippen molar-refractivity contribution < 1.29 is 0 Å². The van der Waals surface area contributed by atoms with Crippen molar-refractivity contribution >= 4 is 0 Å². The third-order valence-electron chi connectivity index (χ3n) is 4.70. The Bertz CT molecular complexity index is 680. The van der Waals surface area contributed by atoms with E-state index in [0.29, 0.717) is 17.8 Å². The fraction of sp³-hybridized carbons (Fsp3) is 0.200. The van der Waals surface area contributed by atoms with Crippen molar-refractivity contribution in [3.05, 3.63) is 96.1 Å². The summed E-state index contributed by atoms with van der Waals surface area (Å²) in [6, 6.07) is 23.2. The van der Waals surface area contributed by atoms with Crippen LogP contribution in [0.5, 0.6) is 0 Å². The second-order valence-electron chi connectivity index (χ2n) is 5.89. The van der Waals surface area contributed by atoms with Gasteiger partial charge in [0, 0.05) is 35.6 Å². The Hall–Kier alpha value is -2.48. The first-order valence-electron chi connectivity index (χ1n) is 7.80. The van der Waals surface area contributed by atoms with Crippen molar-refractivity contribution in [2.24, 2.45) is 0 Å². The molecular weight excluding hydrogens is 268 g/mol. The summed E-state index contributed by atoms with van der Waals surface area (Å²) in [6.45, 7) is 0. The third-order valence-corrected chi connectivity index (χ3v) is 4.70. The van der Waals surface area contributed by atoms with E-state index in [1.807, 2.05) is 24.5 Å². The van der Waals surface area contributed by atoms with E-state index in [1.54, 1.807) is 0 Å². The van der Waals surface area contributed by atoms with Gasteiger partial charge in [-0.2, -0.15) is 0 Å². The predicted octanol–water partition coefficient (Wildman–Crippen LogP) is 4.53. The van der Waals surface area contributed by atoms with E-state index in [9.17, 15) is 0 Å². The van der Waals surface area contributed by atoms with Gasteiger partial charge < -0.3 is 0 Å². The number of hydrogen-bond acceptors (Lipinski definition) is 2. The van der Waals surface area contributed by atoms with Crippen LogP contribution in [0.2, 0.25) is 0 Å². The Morgan fingerprint density at radius 1 is 0.636 bits per heavy atom. The van der Waals surface area contributed by atoms with E-state index in [1.165, 1.54) is 17.0 Å². The molecule has 1 saturated carbocycles. The summed E-state index contributed by atoms with van der Waals surface area (Å²) >= 11 is 0. The molecule has 3 atom stereocenters. The molecule has 0 N–H and O–H groups in total. The molecule has 3 aromatic rings. The maximum Gasteiger partial charge on any atom is 0.0447 e. The fourth-order valence-electron chi connectivity index (χ4n) is 3.58. The zero-order valence-electron chi connectivity index (χ0n) is 12.3. The maximum absolute atomic E-state index is 4.62. The van der Waals surface area contributed by atoms with Crippen molar-refractivity contribution in [2.45, 2.75) is 24.2 Å². The Morgan fingerprint density at radius 3 is 1.91 bits per heavy atom. The van der Waals surface area contributed by atoms with E-state index < -0.39 is 0 Å². The molecule has 2 heterocycles. The summed E-state index contributed by atoms with van der Waals surface area (Å²) in [5.41, 5.74) is 3.77. The molecule has 2 aromatic heterocycles. The van der Waals surface area contributed by atoms with Gasteiger partial charge >= 0.3 is 0 Å². The lowest BCUT2D eigenvalue weighted by molar-refractivity contribution is 0.274.